The quantitative estimate of drug-likeness (QED) is 0.882. The molecule has 26 heavy (non-hydrogen) atoms. The summed E-state index contributed by atoms with van der Waals surface area (Å²) in [4.78, 5) is 26.4. The average molecular weight is 376 g/mol. The van der Waals surface area contributed by atoms with Gasteiger partial charge in [-0.1, -0.05) is 24.4 Å². The number of nitrogens with zero attached hydrogens (tertiary/aromatic N) is 5. The van der Waals surface area contributed by atoms with Crippen molar-refractivity contribution in [2.24, 2.45) is 5.92 Å². The summed E-state index contributed by atoms with van der Waals surface area (Å²) in [6.45, 7) is 0. The SMILES string of the molecule is O=C(O)[C@@H]1C[C@@H]2CCCC[C@@H]2N1C(=O)c1ccc(-n2cnnn2)cc1Cl. The van der Waals surface area contributed by atoms with E-state index in [0.29, 0.717) is 17.7 Å². The second-order valence-electron chi connectivity index (χ2n) is 6.83. The number of likely N-dealkylation sites (tertiary alicyclic amines) is 1. The molecule has 3 atom stereocenters. The van der Waals surface area contributed by atoms with Crippen molar-refractivity contribution in [1.29, 1.82) is 0 Å². The monoisotopic (exact) mass is 375 g/mol. The topological polar surface area (TPSA) is 101 Å². The summed E-state index contributed by atoms with van der Waals surface area (Å²) in [6, 6.07) is 4.10. The number of carbonyl (C=O) groups excluding carboxylic acids is 1. The van der Waals surface area contributed by atoms with Crippen LogP contribution in [-0.2, 0) is 4.79 Å². The lowest BCUT2D eigenvalue weighted by Crippen LogP contribution is -2.46. The second-order valence-corrected chi connectivity index (χ2v) is 7.24. The van der Waals surface area contributed by atoms with Gasteiger partial charge in [-0.25, -0.2) is 9.48 Å². The van der Waals surface area contributed by atoms with Gasteiger partial charge in [0.2, 0.25) is 0 Å². The molecule has 1 N–H and O–H groups in total. The first-order valence-electron chi connectivity index (χ1n) is 8.64. The molecule has 9 heteroatoms. The summed E-state index contributed by atoms with van der Waals surface area (Å²) in [6.07, 6.45) is 5.89. The third-order valence-corrected chi connectivity index (χ3v) is 5.72. The van der Waals surface area contributed by atoms with E-state index in [9.17, 15) is 14.7 Å². The Kier molecular flexibility index (Phi) is 4.36. The molecule has 0 radical (unpaired) electrons. The zero-order chi connectivity index (χ0) is 18.3. The summed E-state index contributed by atoms with van der Waals surface area (Å²) < 4.78 is 1.44. The Hall–Kier alpha value is -2.48. The first-order valence-corrected chi connectivity index (χ1v) is 9.02. The third kappa shape index (κ3) is 2.84. The van der Waals surface area contributed by atoms with Gasteiger partial charge in [0.05, 0.1) is 16.3 Å². The molecule has 8 nitrogen and oxygen atoms in total. The van der Waals surface area contributed by atoms with E-state index in [1.54, 1.807) is 23.1 Å². The van der Waals surface area contributed by atoms with Crippen LogP contribution < -0.4 is 0 Å². The van der Waals surface area contributed by atoms with Gasteiger partial charge in [-0.2, -0.15) is 0 Å². The fourth-order valence-electron chi connectivity index (χ4n) is 4.21. The molecule has 0 spiro atoms. The molecule has 1 aliphatic heterocycles. The van der Waals surface area contributed by atoms with E-state index >= 15 is 0 Å². The molecule has 2 aliphatic rings. The van der Waals surface area contributed by atoms with Crippen molar-refractivity contribution in [3.63, 3.8) is 0 Å². The maximum absolute atomic E-state index is 13.2. The lowest BCUT2D eigenvalue weighted by molar-refractivity contribution is -0.141. The molecule has 1 amide bonds. The highest BCUT2D eigenvalue weighted by Gasteiger charge is 2.47. The molecule has 0 bridgehead atoms. The zero-order valence-corrected chi connectivity index (χ0v) is 14.7. The minimum atomic E-state index is -0.950. The van der Waals surface area contributed by atoms with Crippen LogP contribution in [0.15, 0.2) is 24.5 Å². The summed E-state index contributed by atoms with van der Waals surface area (Å²) in [7, 11) is 0. The van der Waals surface area contributed by atoms with Gasteiger partial charge in [0.15, 0.2) is 0 Å². The number of hydrogen-bond donors (Lipinski definition) is 1. The van der Waals surface area contributed by atoms with Crippen LogP contribution in [0, 0.1) is 5.92 Å². The van der Waals surface area contributed by atoms with E-state index in [1.165, 1.54) is 11.0 Å². The number of aromatic nitrogens is 4. The van der Waals surface area contributed by atoms with Gasteiger partial charge in [0, 0.05) is 6.04 Å². The molecule has 2 fully saturated rings. The van der Waals surface area contributed by atoms with Crippen molar-refractivity contribution in [1.82, 2.24) is 25.1 Å². The molecule has 4 rings (SSSR count). The van der Waals surface area contributed by atoms with Gasteiger partial charge in [-0.15, -0.1) is 5.10 Å². The number of rotatable bonds is 3. The van der Waals surface area contributed by atoms with Crippen molar-refractivity contribution < 1.29 is 14.7 Å². The van der Waals surface area contributed by atoms with Gasteiger partial charge < -0.3 is 10.0 Å². The maximum atomic E-state index is 13.2. The Morgan fingerprint density at radius 1 is 1.23 bits per heavy atom. The Morgan fingerprint density at radius 3 is 2.73 bits per heavy atom. The second kappa shape index (κ2) is 6.68. The Labute approximate surface area is 154 Å². The number of hydrogen-bond acceptors (Lipinski definition) is 5. The number of carboxylic acids is 1. The van der Waals surface area contributed by atoms with Crippen LogP contribution in [0.3, 0.4) is 0 Å². The first kappa shape index (κ1) is 17.0. The van der Waals surface area contributed by atoms with Gasteiger partial charge in [-0.05, 0) is 53.8 Å². The number of carbonyl (C=O) groups is 2. The lowest BCUT2D eigenvalue weighted by Gasteiger charge is -2.33. The van der Waals surface area contributed by atoms with Crippen molar-refractivity contribution in [3.8, 4) is 5.69 Å². The Morgan fingerprint density at radius 2 is 2.04 bits per heavy atom. The Balaban J connectivity index is 1.66. The number of aliphatic carboxylic acids is 1. The van der Waals surface area contributed by atoms with Crippen molar-refractivity contribution >= 4 is 23.5 Å². The molecule has 1 aromatic heterocycles. The van der Waals surface area contributed by atoms with E-state index < -0.39 is 12.0 Å². The highest BCUT2D eigenvalue weighted by atomic mass is 35.5. The van der Waals surface area contributed by atoms with Crippen LogP contribution >= 0.6 is 11.6 Å². The van der Waals surface area contributed by atoms with E-state index in [2.05, 4.69) is 15.5 Å². The lowest BCUT2D eigenvalue weighted by atomic mass is 9.84. The third-order valence-electron chi connectivity index (χ3n) is 5.40. The van der Waals surface area contributed by atoms with Crippen molar-refractivity contribution in [2.45, 2.75) is 44.2 Å². The predicted octanol–water partition coefficient (Wildman–Crippen LogP) is 2.17. The molecule has 1 saturated heterocycles. The molecule has 1 aliphatic carbocycles. The minimum Gasteiger partial charge on any atom is -0.480 e. The molecule has 1 saturated carbocycles. The van der Waals surface area contributed by atoms with E-state index in [0.717, 1.165) is 25.7 Å². The van der Waals surface area contributed by atoms with Crippen LogP contribution in [0.25, 0.3) is 5.69 Å². The molecule has 2 aromatic rings. The van der Waals surface area contributed by atoms with Crippen molar-refractivity contribution in [2.75, 3.05) is 0 Å². The number of halogens is 1. The standard InChI is InChI=1S/C17H18ClN5O3/c18-13-8-11(22-9-19-20-21-22)5-6-12(13)16(24)23-14-4-2-1-3-10(14)7-15(23)17(25)26/h5-6,8-10,14-15H,1-4,7H2,(H,25,26)/t10-,14-,15-/m0/s1. The maximum Gasteiger partial charge on any atom is 0.326 e. The summed E-state index contributed by atoms with van der Waals surface area (Å²) >= 11 is 6.35. The average Bonchev–Trinajstić information content (AvgIpc) is 3.29. The first-order chi connectivity index (χ1) is 12.6. The van der Waals surface area contributed by atoms with Crippen LogP contribution in [0.2, 0.25) is 5.02 Å². The number of fused-ring (bicyclic) bond motifs is 1. The molecule has 2 heterocycles. The van der Waals surface area contributed by atoms with Gasteiger partial charge in [0.1, 0.15) is 12.4 Å². The van der Waals surface area contributed by atoms with Crippen LogP contribution in [0.5, 0.6) is 0 Å². The number of amides is 1. The van der Waals surface area contributed by atoms with E-state index in [4.69, 9.17) is 11.6 Å². The highest BCUT2D eigenvalue weighted by Crippen LogP contribution is 2.41. The van der Waals surface area contributed by atoms with Crippen LogP contribution in [-0.4, -0.2) is 54.2 Å². The predicted molar refractivity (Wildman–Crippen MR) is 92.1 cm³/mol. The summed E-state index contributed by atoms with van der Waals surface area (Å²) in [5.41, 5.74) is 0.935. The van der Waals surface area contributed by atoms with E-state index in [1.807, 2.05) is 0 Å². The normalized spacial score (nSPS) is 25.1. The molecule has 136 valence electrons. The van der Waals surface area contributed by atoms with Gasteiger partial charge >= 0.3 is 5.97 Å². The minimum absolute atomic E-state index is 0.0207. The summed E-state index contributed by atoms with van der Waals surface area (Å²) in [5, 5.41) is 20.8. The summed E-state index contributed by atoms with van der Waals surface area (Å²) in [5.74, 6) is -1.01. The highest BCUT2D eigenvalue weighted by molar-refractivity contribution is 6.34. The zero-order valence-electron chi connectivity index (χ0n) is 14.0. The van der Waals surface area contributed by atoms with Gasteiger partial charge in [0.25, 0.3) is 5.91 Å². The smallest absolute Gasteiger partial charge is 0.326 e. The van der Waals surface area contributed by atoms with Gasteiger partial charge in [-0.3, -0.25) is 4.79 Å². The van der Waals surface area contributed by atoms with Crippen molar-refractivity contribution in [3.05, 3.63) is 35.1 Å². The fraction of sp³-hybridized carbons (Fsp3) is 0.471. The van der Waals surface area contributed by atoms with Crippen LogP contribution in [0.1, 0.15) is 42.5 Å². The molecular weight excluding hydrogens is 358 g/mol. The molecule has 1 aromatic carbocycles. The number of carboxylic acid groups (broad SMARTS) is 1. The number of tetrazole rings is 1. The van der Waals surface area contributed by atoms with Crippen LogP contribution in [0.4, 0.5) is 0 Å². The largest absolute Gasteiger partial charge is 0.480 e. The number of benzene rings is 1. The fourth-order valence-corrected chi connectivity index (χ4v) is 4.47. The molecule has 0 unspecified atom stereocenters. The van der Waals surface area contributed by atoms with E-state index in [-0.39, 0.29) is 22.9 Å². The molecular formula is C17H18ClN5O3. The Bertz CT molecular complexity index is 841.